The Morgan fingerprint density at radius 3 is 2.04 bits per heavy atom. The third-order valence-corrected chi connectivity index (χ3v) is 20.1. The Morgan fingerprint density at radius 1 is 0.679 bits per heavy atom. The van der Waals surface area contributed by atoms with Gasteiger partial charge in [0.2, 0.25) is 29.5 Å². The molecule has 5 amide bonds. The first-order chi connectivity index (χ1) is 37.8. The van der Waals surface area contributed by atoms with Gasteiger partial charge < -0.3 is 45.1 Å². The summed E-state index contributed by atoms with van der Waals surface area (Å²) < 4.78 is 15.9. The van der Waals surface area contributed by atoms with E-state index in [2.05, 4.69) is 55.8 Å². The van der Waals surface area contributed by atoms with Crippen molar-refractivity contribution in [3.63, 3.8) is 0 Å². The number of rotatable bonds is 39. The number of ether oxygens (including phenoxy) is 3. The number of fused-ring (bicyclic) bond motifs is 5. The van der Waals surface area contributed by atoms with Crippen LogP contribution in [0.25, 0.3) is 0 Å². The number of allylic oxidation sites excluding steroid dienone is 2. The van der Waals surface area contributed by atoms with Crippen molar-refractivity contribution in [1.29, 1.82) is 0 Å². The number of unbranched alkanes of at least 4 members (excludes halogenated alkanes) is 13. The maximum absolute atomic E-state index is 14.1. The maximum atomic E-state index is 14.1. The molecule has 5 aliphatic rings. The number of aliphatic hydroxyl groups is 1. The Labute approximate surface area is 473 Å². The van der Waals surface area contributed by atoms with Crippen molar-refractivity contribution in [3.05, 3.63) is 12.2 Å². The van der Waals surface area contributed by atoms with Crippen LogP contribution in [0.5, 0.6) is 0 Å². The van der Waals surface area contributed by atoms with Gasteiger partial charge in [0.25, 0.3) is 0 Å². The van der Waals surface area contributed by atoms with Crippen LogP contribution in [0.2, 0.25) is 0 Å². The van der Waals surface area contributed by atoms with E-state index >= 15 is 0 Å². The van der Waals surface area contributed by atoms with Crippen LogP contribution in [0.3, 0.4) is 0 Å². The molecule has 1 heterocycles. The smallest absolute Gasteiger partial charge is 0.239 e. The molecule has 11 atom stereocenters. The van der Waals surface area contributed by atoms with Gasteiger partial charge in [0.15, 0.2) is 0 Å². The molecule has 5 rings (SSSR count). The van der Waals surface area contributed by atoms with Gasteiger partial charge in [-0.15, -0.1) is 0 Å². The van der Waals surface area contributed by atoms with E-state index in [-0.39, 0.29) is 73.0 Å². The second-order valence-corrected chi connectivity index (χ2v) is 25.6. The predicted octanol–water partition coefficient (Wildman–Crippen LogP) is 10.7. The van der Waals surface area contributed by atoms with E-state index in [9.17, 15) is 29.1 Å². The zero-order chi connectivity index (χ0) is 56.2. The van der Waals surface area contributed by atoms with Gasteiger partial charge in [0.05, 0.1) is 32.5 Å². The molecule has 1 saturated heterocycles. The SMILES string of the molecule is CCCCCCCC/C=C\CCCCCCCC(=O)N[C@H]1CCC2(C)C3CC[C@@]4(C)C(CC[C@@H]4[C@H](C)CCC(=O)N(CC(=O)NCCCCCC(=O)N4C[C@H](CO)C[C@H]4COC)CC(=O)NCCOCCOC)C3CC[C@H]2C1. The number of hydrogen-bond donors (Lipinski definition) is 4. The highest BCUT2D eigenvalue weighted by atomic mass is 16.5. The number of aliphatic hydroxyl groups excluding tert-OH is 1. The van der Waals surface area contributed by atoms with Crippen LogP contribution in [0, 0.1) is 52.3 Å². The normalized spacial score (nSPS) is 28.0. The molecule has 0 aromatic rings. The molecular formula is C64H113N5O9. The maximum Gasteiger partial charge on any atom is 0.239 e. The molecule has 78 heavy (non-hydrogen) atoms. The lowest BCUT2D eigenvalue weighted by atomic mass is 9.44. The van der Waals surface area contributed by atoms with Gasteiger partial charge in [-0.25, -0.2) is 0 Å². The Balaban J connectivity index is 1.02. The van der Waals surface area contributed by atoms with E-state index in [4.69, 9.17) is 14.2 Å². The second-order valence-electron chi connectivity index (χ2n) is 25.6. The van der Waals surface area contributed by atoms with Crippen molar-refractivity contribution in [2.45, 2.75) is 232 Å². The highest BCUT2D eigenvalue weighted by molar-refractivity contribution is 5.89. The van der Waals surface area contributed by atoms with Crippen LogP contribution < -0.4 is 16.0 Å². The lowest BCUT2D eigenvalue weighted by molar-refractivity contribution is -0.140. The number of amides is 5. The van der Waals surface area contributed by atoms with Crippen LogP contribution in [0.4, 0.5) is 0 Å². The average Bonchev–Trinajstić information content (AvgIpc) is 4.20. The summed E-state index contributed by atoms with van der Waals surface area (Å²) in [5.41, 5.74) is 0.572. The minimum atomic E-state index is -0.325. The summed E-state index contributed by atoms with van der Waals surface area (Å²) in [5.74, 6) is 3.32. The fourth-order valence-electron chi connectivity index (χ4n) is 15.7. The van der Waals surface area contributed by atoms with Crippen molar-refractivity contribution < 1.29 is 43.3 Å². The molecule has 0 aromatic heterocycles. The Kier molecular flexibility index (Phi) is 30.1. The number of carbonyl (C=O) groups is 5. The molecule has 4 N–H and O–H groups in total. The zero-order valence-electron chi connectivity index (χ0n) is 50.2. The molecule has 1 aliphatic heterocycles. The van der Waals surface area contributed by atoms with Gasteiger partial charge in [0, 0.05) is 71.7 Å². The van der Waals surface area contributed by atoms with Gasteiger partial charge in [0.1, 0.15) is 13.1 Å². The van der Waals surface area contributed by atoms with Crippen LogP contribution in [0.15, 0.2) is 12.2 Å². The lowest BCUT2D eigenvalue weighted by Crippen LogP contribution is -2.55. The fraction of sp³-hybridized carbons (Fsp3) is 0.891. The summed E-state index contributed by atoms with van der Waals surface area (Å²) in [5, 5.41) is 19.0. The van der Waals surface area contributed by atoms with Gasteiger partial charge in [-0.2, -0.15) is 0 Å². The van der Waals surface area contributed by atoms with Crippen LogP contribution in [0.1, 0.15) is 220 Å². The second kappa shape index (κ2) is 35.7. The topological polar surface area (TPSA) is 176 Å². The van der Waals surface area contributed by atoms with E-state index < -0.39 is 0 Å². The number of hydrogen-bond acceptors (Lipinski definition) is 9. The molecule has 14 nitrogen and oxygen atoms in total. The van der Waals surface area contributed by atoms with Crippen molar-refractivity contribution in [1.82, 2.24) is 25.8 Å². The first kappa shape index (κ1) is 65.7. The standard InChI is InChI=1S/C64H113N5O9/c1-7-8-9-10-11-12-13-14-15-16-17-18-19-20-22-25-58(71)67-52-33-35-63(3)51(43-52)28-29-54-56-31-30-55(64(56,4)36-34-57(54)63)49(2)27-32-61(74)68(46-60(73)66-38-39-78-41-40-76-5)45-59(72)65-37-24-21-23-26-62(75)69-44-50(47-70)42-53(69)48-77-6/h14-15,49-57,70H,7-13,16-48H2,1-6H3,(H,65,72)(H,66,73)(H,67,71)/b15-14-/t49-,50-,51+,52+,53+,54?,55-,56?,57?,63?,64-/m1/s1. The number of nitrogens with zero attached hydrogens (tertiary/aromatic N) is 2. The molecule has 5 fully saturated rings. The number of nitrogens with one attached hydrogen (secondary N) is 3. The summed E-state index contributed by atoms with van der Waals surface area (Å²) in [6.45, 7) is 12.4. The third-order valence-electron chi connectivity index (χ3n) is 20.1. The van der Waals surface area contributed by atoms with Gasteiger partial charge in [-0.3, -0.25) is 24.0 Å². The predicted molar refractivity (Wildman–Crippen MR) is 311 cm³/mol. The summed E-state index contributed by atoms with van der Waals surface area (Å²) >= 11 is 0. The molecule has 0 aromatic carbocycles. The van der Waals surface area contributed by atoms with Crippen molar-refractivity contribution in [3.8, 4) is 0 Å². The summed E-state index contributed by atoms with van der Waals surface area (Å²) in [7, 11) is 3.24. The van der Waals surface area contributed by atoms with Crippen LogP contribution in [-0.4, -0.2) is 137 Å². The minimum Gasteiger partial charge on any atom is -0.396 e. The van der Waals surface area contributed by atoms with Gasteiger partial charge in [-0.05, 0) is 162 Å². The zero-order valence-corrected chi connectivity index (χ0v) is 50.2. The molecule has 4 aliphatic carbocycles. The summed E-state index contributed by atoms with van der Waals surface area (Å²) in [4.78, 5) is 70.0. The molecule has 4 saturated carbocycles. The number of carbonyl (C=O) groups excluding carboxylic acids is 5. The fourth-order valence-corrected chi connectivity index (χ4v) is 15.7. The van der Waals surface area contributed by atoms with Gasteiger partial charge in [-0.1, -0.05) is 97.6 Å². The third kappa shape index (κ3) is 20.7. The van der Waals surface area contributed by atoms with E-state index in [1.807, 2.05) is 4.90 Å². The monoisotopic (exact) mass is 1100 g/mol. The van der Waals surface area contributed by atoms with E-state index in [1.54, 1.807) is 14.2 Å². The van der Waals surface area contributed by atoms with Crippen LogP contribution in [-0.2, 0) is 38.2 Å². The lowest BCUT2D eigenvalue weighted by Gasteiger charge is -2.61. The first-order valence-corrected chi connectivity index (χ1v) is 32.0. The van der Waals surface area contributed by atoms with E-state index in [0.717, 1.165) is 56.8 Å². The Morgan fingerprint density at radius 2 is 1.33 bits per heavy atom. The quantitative estimate of drug-likeness (QED) is 0.0345. The van der Waals surface area contributed by atoms with E-state index in [0.29, 0.717) is 107 Å². The number of likely N-dealkylation sites (tertiary alicyclic amines) is 1. The minimum absolute atomic E-state index is 0.00602. The Bertz CT molecular complexity index is 1800. The van der Waals surface area contributed by atoms with Crippen LogP contribution >= 0.6 is 0 Å². The Hall–Kier alpha value is -3.07. The largest absolute Gasteiger partial charge is 0.396 e. The highest BCUT2D eigenvalue weighted by Crippen LogP contribution is 2.68. The summed E-state index contributed by atoms with van der Waals surface area (Å²) in [6, 6.07) is 0.306. The van der Waals surface area contributed by atoms with Crippen molar-refractivity contribution in [2.24, 2.45) is 52.3 Å². The molecule has 14 heteroatoms. The van der Waals surface area contributed by atoms with Crippen molar-refractivity contribution >= 4 is 29.5 Å². The molecular weight excluding hydrogens is 983 g/mol. The molecule has 0 bridgehead atoms. The molecule has 448 valence electrons. The summed E-state index contributed by atoms with van der Waals surface area (Å²) in [6.07, 6.45) is 37.1. The average molecular weight is 1100 g/mol. The number of methoxy groups -OCH3 is 2. The van der Waals surface area contributed by atoms with E-state index in [1.165, 1.54) is 120 Å². The molecule has 4 unspecified atom stereocenters. The van der Waals surface area contributed by atoms with Gasteiger partial charge >= 0.3 is 0 Å². The molecule has 0 spiro atoms. The highest BCUT2D eigenvalue weighted by Gasteiger charge is 2.60. The molecule has 0 radical (unpaired) electrons. The first-order valence-electron chi connectivity index (χ1n) is 32.0. The van der Waals surface area contributed by atoms with Crippen molar-refractivity contribution in [2.75, 3.05) is 80.0 Å².